The number of amides is 2. The van der Waals surface area contributed by atoms with E-state index in [1.807, 2.05) is 4.90 Å². The van der Waals surface area contributed by atoms with Crippen molar-refractivity contribution in [2.75, 3.05) is 26.2 Å². The smallest absolute Gasteiger partial charge is 0.242 e. The molecule has 4 atom stereocenters. The molecule has 2 amide bonds. The fourth-order valence-electron chi connectivity index (χ4n) is 6.12. The van der Waals surface area contributed by atoms with Gasteiger partial charge in [0.15, 0.2) is 0 Å². The van der Waals surface area contributed by atoms with E-state index in [4.69, 9.17) is 5.73 Å². The predicted molar refractivity (Wildman–Crippen MR) is 141 cm³/mol. The summed E-state index contributed by atoms with van der Waals surface area (Å²) >= 11 is 0. The standard InChI is InChI=1S/C29H46N4O2/c1-20(2)17-32(18-25-10-5-4-7-21(25)3)26-14-27(33(19-26)29(35)24-11-12-24)28(34)31-16-23-9-6-8-22(13-23)15-30/h4-5,7,10,20,22-24,26-27H,6,8-9,11-19,30H2,1-3H3,(H,31,34). The van der Waals surface area contributed by atoms with Crippen LogP contribution in [-0.2, 0) is 16.1 Å². The molecule has 35 heavy (non-hydrogen) atoms. The molecule has 0 radical (unpaired) electrons. The van der Waals surface area contributed by atoms with Gasteiger partial charge in [-0.1, -0.05) is 44.5 Å². The minimum Gasteiger partial charge on any atom is -0.354 e. The summed E-state index contributed by atoms with van der Waals surface area (Å²) in [5, 5.41) is 3.25. The minimum atomic E-state index is -0.353. The number of rotatable bonds is 10. The molecule has 3 N–H and O–H groups in total. The highest BCUT2D eigenvalue weighted by Gasteiger charge is 2.45. The molecule has 2 aliphatic carbocycles. The molecular weight excluding hydrogens is 436 g/mol. The molecule has 4 rings (SSSR count). The highest BCUT2D eigenvalue weighted by atomic mass is 16.2. The van der Waals surface area contributed by atoms with Crippen LogP contribution in [0.5, 0.6) is 0 Å². The molecule has 3 aliphatic rings. The van der Waals surface area contributed by atoms with E-state index in [2.05, 4.69) is 55.3 Å². The molecule has 1 aromatic rings. The highest BCUT2D eigenvalue weighted by molar-refractivity contribution is 5.90. The topological polar surface area (TPSA) is 78.7 Å². The number of carbonyl (C=O) groups excluding carboxylic acids is 2. The van der Waals surface area contributed by atoms with Gasteiger partial charge in [0.2, 0.25) is 11.8 Å². The first-order valence-electron chi connectivity index (χ1n) is 13.9. The minimum absolute atomic E-state index is 0.0387. The highest BCUT2D eigenvalue weighted by Crippen LogP contribution is 2.35. The average Bonchev–Trinajstić information content (AvgIpc) is 3.61. The Kier molecular flexibility index (Phi) is 8.87. The Morgan fingerprint density at radius 2 is 1.86 bits per heavy atom. The van der Waals surface area contributed by atoms with Crippen LogP contribution in [0.3, 0.4) is 0 Å². The third-order valence-corrected chi connectivity index (χ3v) is 8.33. The van der Waals surface area contributed by atoms with Gasteiger partial charge in [0, 0.05) is 38.1 Å². The molecule has 4 unspecified atom stereocenters. The van der Waals surface area contributed by atoms with Crippen LogP contribution in [0, 0.1) is 30.6 Å². The van der Waals surface area contributed by atoms with Crippen LogP contribution in [-0.4, -0.2) is 59.9 Å². The van der Waals surface area contributed by atoms with Crippen LogP contribution in [0.2, 0.25) is 0 Å². The summed E-state index contributed by atoms with van der Waals surface area (Å²) in [6, 6.07) is 8.40. The molecular formula is C29H46N4O2. The Morgan fingerprint density at radius 1 is 1.11 bits per heavy atom. The van der Waals surface area contributed by atoms with Crippen LogP contribution >= 0.6 is 0 Å². The fraction of sp³-hybridized carbons (Fsp3) is 0.724. The first-order valence-corrected chi connectivity index (χ1v) is 13.9. The molecule has 2 saturated carbocycles. The van der Waals surface area contributed by atoms with Gasteiger partial charge >= 0.3 is 0 Å². The largest absolute Gasteiger partial charge is 0.354 e. The second-order valence-electron chi connectivity index (χ2n) is 11.8. The molecule has 6 nitrogen and oxygen atoms in total. The van der Waals surface area contributed by atoms with Crippen molar-refractivity contribution in [3.8, 4) is 0 Å². The van der Waals surface area contributed by atoms with E-state index in [-0.39, 0.29) is 29.8 Å². The summed E-state index contributed by atoms with van der Waals surface area (Å²) in [7, 11) is 0. The Balaban J connectivity index is 1.45. The number of hydrogen-bond donors (Lipinski definition) is 2. The average molecular weight is 483 g/mol. The first kappa shape index (κ1) is 26.2. The number of likely N-dealkylation sites (tertiary alicyclic amines) is 1. The zero-order chi connectivity index (χ0) is 24.9. The van der Waals surface area contributed by atoms with E-state index >= 15 is 0 Å². The van der Waals surface area contributed by atoms with Gasteiger partial charge < -0.3 is 16.0 Å². The SMILES string of the molecule is Cc1ccccc1CN(CC(C)C)C1CC(C(=O)NCC2CCCC(CN)C2)N(C(=O)C2CC2)C1. The molecule has 0 spiro atoms. The van der Waals surface area contributed by atoms with Crippen molar-refractivity contribution in [1.29, 1.82) is 0 Å². The summed E-state index contributed by atoms with van der Waals surface area (Å²) in [4.78, 5) is 31.1. The summed E-state index contributed by atoms with van der Waals surface area (Å²) in [6.45, 7) is 10.6. The molecule has 1 aromatic carbocycles. The number of hydrogen-bond acceptors (Lipinski definition) is 4. The maximum Gasteiger partial charge on any atom is 0.242 e. The second-order valence-corrected chi connectivity index (χ2v) is 11.8. The Bertz CT molecular complexity index is 868. The molecule has 194 valence electrons. The Morgan fingerprint density at radius 3 is 2.54 bits per heavy atom. The van der Waals surface area contributed by atoms with Crippen LogP contribution in [0.1, 0.15) is 69.9 Å². The van der Waals surface area contributed by atoms with Crippen LogP contribution in [0.4, 0.5) is 0 Å². The van der Waals surface area contributed by atoms with Gasteiger partial charge in [-0.15, -0.1) is 0 Å². The predicted octanol–water partition coefficient (Wildman–Crippen LogP) is 3.71. The maximum absolute atomic E-state index is 13.5. The van der Waals surface area contributed by atoms with Crippen molar-refractivity contribution in [2.24, 2.45) is 29.4 Å². The second kappa shape index (κ2) is 11.9. The van der Waals surface area contributed by atoms with Crippen molar-refractivity contribution in [3.05, 3.63) is 35.4 Å². The van der Waals surface area contributed by atoms with Gasteiger partial charge in [-0.25, -0.2) is 0 Å². The van der Waals surface area contributed by atoms with Gasteiger partial charge in [-0.05, 0) is 80.9 Å². The van der Waals surface area contributed by atoms with Crippen molar-refractivity contribution >= 4 is 11.8 Å². The molecule has 0 bridgehead atoms. The number of nitrogens with zero attached hydrogens (tertiary/aromatic N) is 2. The first-order chi connectivity index (χ1) is 16.9. The van der Waals surface area contributed by atoms with Gasteiger partial charge in [0.1, 0.15) is 6.04 Å². The molecule has 1 saturated heterocycles. The third-order valence-electron chi connectivity index (χ3n) is 8.33. The summed E-state index contributed by atoms with van der Waals surface area (Å²) < 4.78 is 0. The van der Waals surface area contributed by atoms with Gasteiger partial charge in [-0.3, -0.25) is 14.5 Å². The quantitative estimate of drug-likeness (QED) is 0.533. The molecule has 1 aliphatic heterocycles. The van der Waals surface area contributed by atoms with E-state index in [1.165, 1.54) is 24.0 Å². The fourth-order valence-corrected chi connectivity index (χ4v) is 6.12. The number of aryl methyl sites for hydroxylation is 1. The Labute approximate surface area is 212 Å². The van der Waals surface area contributed by atoms with Crippen molar-refractivity contribution in [3.63, 3.8) is 0 Å². The van der Waals surface area contributed by atoms with E-state index in [1.54, 1.807) is 0 Å². The van der Waals surface area contributed by atoms with Crippen LogP contribution < -0.4 is 11.1 Å². The summed E-state index contributed by atoms with van der Waals surface area (Å²) in [5.74, 6) is 1.96. The van der Waals surface area contributed by atoms with Gasteiger partial charge in [0.05, 0.1) is 0 Å². The van der Waals surface area contributed by atoms with Crippen LogP contribution in [0.25, 0.3) is 0 Å². The monoisotopic (exact) mass is 482 g/mol. The summed E-state index contributed by atoms with van der Waals surface area (Å²) in [5.41, 5.74) is 8.53. The number of benzene rings is 1. The van der Waals surface area contributed by atoms with Crippen molar-refractivity contribution in [2.45, 2.75) is 84.3 Å². The van der Waals surface area contributed by atoms with Crippen molar-refractivity contribution < 1.29 is 9.59 Å². The number of carbonyl (C=O) groups is 2. The zero-order valence-corrected chi connectivity index (χ0v) is 22.0. The van der Waals surface area contributed by atoms with Gasteiger partial charge in [0.25, 0.3) is 0 Å². The summed E-state index contributed by atoms with van der Waals surface area (Å²) in [6.07, 6.45) is 7.33. The zero-order valence-electron chi connectivity index (χ0n) is 22.0. The van der Waals surface area contributed by atoms with E-state index in [0.29, 0.717) is 30.8 Å². The lowest BCUT2D eigenvalue weighted by molar-refractivity contribution is -0.139. The number of nitrogens with two attached hydrogens (primary N) is 1. The maximum atomic E-state index is 13.5. The third kappa shape index (κ3) is 6.85. The van der Waals surface area contributed by atoms with Crippen molar-refractivity contribution in [1.82, 2.24) is 15.1 Å². The van der Waals surface area contributed by atoms with E-state index in [9.17, 15) is 9.59 Å². The van der Waals surface area contributed by atoms with E-state index in [0.717, 1.165) is 51.7 Å². The number of nitrogens with one attached hydrogen (secondary N) is 1. The molecule has 3 fully saturated rings. The lowest BCUT2D eigenvalue weighted by atomic mass is 9.81. The lowest BCUT2D eigenvalue weighted by Crippen LogP contribution is -2.47. The molecule has 6 heteroatoms. The lowest BCUT2D eigenvalue weighted by Gasteiger charge is -2.31. The molecule has 0 aromatic heterocycles. The van der Waals surface area contributed by atoms with Crippen LogP contribution in [0.15, 0.2) is 24.3 Å². The molecule has 1 heterocycles. The van der Waals surface area contributed by atoms with Gasteiger partial charge in [-0.2, -0.15) is 0 Å². The van der Waals surface area contributed by atoms with E-state index < -0.39 is 0 Å². The Hall–Kier alpha value is -1.92. The normalized spacial score (nSPS) is 27.0.